The largest absolute Gasteiger partial charge is 0.443 e. The van der Waals surface area contributed by atoms with E-state index in [0.717, 1.165) is 20.7 Å². The Labute approximate surface area is 222 Å². The number of imide groups is 1. The average molecular weight is 525 g/mol. The summed E-state index contributed by atoms with van der Waals surface area (Å²) in [5.74, 6) is 0. The van der Waals surface area contributed by atoms with E-state index >= 15 is 0 Å². The van der Waals surface area contributed by atoms with Crippen molar-refractivity contribution in [1.82, 2.24) is 14.8 Å². The monoisotopic (exact) mass is 524 g/mol. The molecule has 0 saturated heterocycles. The Bertz CT molecular complexity index is 1330. The second-order valence-corrected chi connectivity index (χ2v) is 11.9. The van der Waals surface area contributed by atoms with Crippen molar-refractivity contribution in [3.63, 3.8) is 0 Å². The first kappa shape index (κ1) is 28.6. The van der Waals surface area contributed by atoms with E-state index in [1.165, 1.54) is 0 Å². The van der Waals surface area contributed by atoms with Crippen molar-refractivity contribution in [2.75, 3.05) is 4.90 Å². The second-order valence-electron chi connectivity index (χ2n) is 11.9. The lowest BCUT2D eigenvalue weighted by atomic mass is 10.0. The SMILES string of the molecule is Cc1nn(C(=O)OC(C)(C)C)c2nccc(-c3ccc(N(C(=O)OC(C)(C)C)C(=O)OC(C)(C)C)cc3)c12. The van der Waals surface area contributed by atoms with E-state index in [0.29, 0.717) is 16.7 Å². The number of hydrogen-bond acceptors (Lipinski definition) is 8. The molecule has 0 bridgehead atoms. The number of nitrogens with zero attached hydrogens (tertiary/aromatic N) is 4. The number of carbonyl (C=O) groups is 3. The molecule has 3 rings (SSSR count). The van der Waals surface area contributed by atoms with Crippen LogP contribution in [0.5, 0.6) is 0 Å². The molecule has 0 radical (unpaired) electrons. The molecule has 0 unspecified atom stereocenters. The molecular formula is C28H36N4O6. The fraction of sp³-hybridized carbons (Fsp3) is 0.464. The van der Waals surface area contributed by atoms with Crippen molar-refractivity contribution in [2.24, 2.45) is 0 Å². The van der Waals surface area contributed by atoms with E-state index in [9.17, 15) is 14.4 Å². The summed E-state index contributed by atoms with van der Waals surface area (Å²) < 4.78 is 17.6. The summed E-state index contributed by atoms with van der Waals surface area (Å²) in [5.41, 5.74) is 0.465. The fourth-order valence-corrected chi connectivity index (χ4v) is 3.58. The number of anilines is 1. The van der Waals surface area contributed by atoms with Gasteiger partial charge in [0.05, 0.1) is 16.8 Å². The summed E-state index contributed by atoms with van der Waals surface area (Å²) in [6, 6.07) is 8.59. The van der Waals surface area contributed by atoms with Gasteiger partial charge in [0.25, 0.3) is 0 Å². The standard InChI is InChI=1S/C28H36N4O6/c1-17-21-20(15-16-29-22(21)32(30-17)25(35)38-28(8,9)10)18-11-13-19(14-12-18)31(23(33)36-26(2,3)4)24(34)37-27(5,6)7/h11-16H,1-10H3. The molecule has 10 nitrogen and oxygen atoms in total. The van der Waals surface area contributed by atoms with E-state index in [-0.39, 0.29) is 5.69 Å². The van der Waals surface area contributed by atoms with Crippen LogP contribution in [-0.4, -0.2) is 49.8 Å². The third kappa shape index (κ3) is 6.87. The van der Waals surface area contributed by atoms with Crippen LogP contribution in [0, 0.1) is 6.92 Å². The number of fused-ring (bicyclic) bond motifs is 1. The zero-order valence-corrected chi connectivity index (χ0v) is 23.7. The zero-order valence-electron chi connectivity index (χ0n) is 23.7. The smallest absolute Gasteiger partial charge is 0.437 e. The Balaban J connectivity index is 2.03. The third-order valence-corrected chi connectivity index (χ3v) is 4.90. The molecule has 0 aliphatic rings. The highest BCUT2D eigenvalue weighted by atomic mass is 16.6. The molecule has 0 saturated carbocycles. The molecule has 2 heterocycles. The lowest BCUT2D eigenvalue weighted by Crippen LogP contribution is -2.43. The van der Waals surface area contributed by atoms with E-state index in [1.54, 1.807) is 99.7 Å². The Hall–Kier alpha value is -3.95. The molecule has 2 aromatic heterocycles. The van der Waals surface area contributed by atoms with Crippen LogP contribution >= 0.6 is 0 Å². The van der Waals surface area contributed by atoms with Crippen molar-refractivity contribution < 1.29 is 28.6 Å². The molecule has 10 heteroatoms. The molecule has 0 aliphatic carbocycles. The van der Waals surface area contributed by atoms with Crippen LogP contribution in [-0.2, 0) is 14.2 Å². The van der Waals surface area contributed by atoms with Gasteiger partial charge in [0.2, 0.25) is 0 Å². The number of amides is 2. The van der Waals surface area contributed by atoms with Gasteiger partial charge in [0.15, 0.2) is 5.65 Å². The highest BCUT2D eigenvalue weighted by Gasteiger charge is 2.32. The van der Waals surface area contributed by atoms with Crippen LogP contribution in [0.1, 0.15) is 68.0 Å². The van der Waals surface area contributed by atoms with Crippen LogP contribution in [0.4, 0.5) is 20.1 Å². The lowest BCUT2D eigenvalue weighted by Gasteiger charge is -2.28. The minimum absolute atomic E-state index is 0.281. The molecule has 1 aromatic carbocycles. The van der Waals surface area contributed by atoms with Crippen molar-refractivity contribution in [3.05, 3.63) is 42.2 Å². The van der Waals surface area contributed by atoms with Gasteiger partial charge in [-0.1, -0.05) is 12.1 Å². The fourth-order valence-electron chi connectivity index (χ4n) is 3.58. The molecule has 0 spiro atoms. The van der Waals surface area contributed by atoms with Gasteiger partial charge < -0.3 is 14.2 Å². The number of ether oxygens (including phenoxy) is 3. The second kappa shape index (κ2) is 10.1. The normalized spacial score (nSPS) is 12.3. The molecule has 0 N–H and O–H groups in total. The van der Waals surface area contributed by atoms with E-state index < -0.39 is 35.1 Å². The summed E-state index contributed by atoms with van der Waals surface area (Å²) in [4.78, 5) is 43.9. The Kier molecular flexibility index (Phi) is 7.59. The maximum Gasteiger partial charge on any atom is 0.437 e. The highest BCUT2D eigenvalue weighted by Crippen LogP contribution is 2.32. The van der Waals surface area contributed by atoms with Crippen molar-refractivity contribution in [3.8, 4) is 11.1 Å². The van der Waals surface area contributed by atoms with Crippen molar-refractivity contribution >= 4 is 35.0 Å². The molecule has 3 aromatic rings. The molecule has 0 fully saturated rings. The van der Waals surface area contributed by atoms with Crippen molar-refractivity contribution in [2.45, 2.75) is 86.0 Å². The maximum absolute atomic E-state index is 13.0. The number of aryl methyl sites for hydroxylation is 1. The molecule has 0 atom stereocenters. The number of pyridine rings is 1. The van der Waals surface area contributed by atoms with Crippen LogP contribution in [0.2, 0.25) is 0 Å². The summed E-state index contributed by atoms with van der Waals surface area (Å²) in [7, 11) is 0. The lowest BCUT2D eigenvalue weighted by molar-refractivity contribution is 0.0428. The van der Waals surface area contributed by atoms with Crippen molar-refractivity contribution in [1.29, 1.82) is 0 Å². The molecule has 204 valence electrons. The quantitative estimate of drug-likeness (QED) is 0.334. The predicted octanol–water partition coefficient (Wildman–Crippen LogP) is 6.87. The van der Waals surface area contributed by atoms with Gasteiger partial charge in [-0.2, -0.15) is 10.00 Å². The van der Waals surface area contributed by atoms with Gasteiger partial charge in [-0.15, -0.1) is 4.68 Å². The van der Waals surface area contributed by atoms with Crippen LogP contribution in [0.15, 0.2) is 36.5 Å². The minimum Gasteiger partial charge on any atom is -0.443 e. The number of rotatable bonds is 2. The van der Waals surface area contributed by atoms with Crippen LogP contribution < -0.4 is 4.90 Å². The molecule has 38 heavy (non-hydrogen) atoms. The van der Waals surface area contributed by atoms with Crippen LogP contribution in [0.25, 0.3) is 22.2 Å². The molecule has 2 amide bonds. The highest BCUT2D eigenvalue weighted by molar-refractivity contribution is 6.09. The molecule has 0 aliphatic heterocycles. The summed E-state index contributed by atoms with van der Waals surface area (Å²) >= 11 is 0. The van der Waals surface area contributed by atoms with Gasteiger partial charge in [-0.25, -0.2) is 19.4 Å². The van der Waals surface area contributed by atoms with E-state index in [1.807, 2.05) is 6.07 Å². The van der Waals surface area contributed by atoms with E-state index in [4.69, 9.17) is 14.2 Å². The Morgan fingerprint density at radius 3 is 1.74 bits per heavy atom. The van der Waals surface area contributed by atoms with Gasteiger partial charge in [0, 0.05) is 6.20 Å². The van der Waals surface area contributed by atoms with Gasteiger partial charge >= 0.3 is 18.3 Å². The van der Waals surface area contributed by atoms with Crippen LogP contribution in [0.3, 0.4) is 0 Å². The maximum atomic E-state index is 13.0. The Morgan fingerprint density at radius 1 is 0.763 bits per heavy atom. The number of aromatic nitrogens is 3. The minimum atomic E-state index is -0.847. The number of hydrogen-bond donors (Lipinski definition) is 0. The van der Waals surface area contributed by atoms with Gasteiger partial charge in [-0.3, -0.25) is 0 Å². The average Bonchev–Trinajstić information content (AvgIpc) is 3.08. The number of carbonyl (C=O) groups excluding carboxylic acids is 3. The number of benzene rings is 1. The predicted molar refractivity (Wildman–Crippen MR) is 144 cm³/mol. The first-order chi connectivity index (χ1) is 17.4. The summed E-state index contributed by atoms with van der Waals surface area (Å²) in [6.45, 7) is 17.4. The zero-order chi connectivity index (χ0) is 28.6. The summed E-state index contributed by atoms with van der Waals surface area (Å²) in [5, 5.41) is 5.05. The first-order valence-corrected chi connectivity index (χ1v) is 12.3. The Morgan fingerprint density at radius 2 is 1.26 bits per heavy atom. The molecular weight excluding hydrogens is 488 g/mol. The van der Waals surface area contributed by atoms with Gasteiger partial charge in [-0.05, 0) is 98.6 Å². The summed E-state index contributed by atoms with van der Waals surface area (Å²) in [6.07, 6.45) is -0.733. The van der Waals surface area contributed by atoms with Gasteiger partial charge in [0.1, 0.15) is 16.8 Å². The van der Waals surface area contributed by atoms with E-state index in [2.05, 4.69) is 10.1 Å². The topological polar surface area (TPSA) is 113 Å². The third-order valence-electron chi connectivity index (χ3n) is 4.90. The first-order valence-electron chi connectivity index (χ1n) is 12.3.